The van der Waals surface area contributed by atoms with Crippen LogP contribution in [0, 0.1) is 5.92 Å². The van der Waals surface area contributed by atoms with Gasteiger partial charge < -0.3 is 10.6 Å². The lowest BCUT2D eigenvalue weighted by Crippen LogP contribution is -2.37. The van der Waals surface area contributed by atoms with E-state index in [0.29, 0.717) is 0 Å². The molecule has 2 N–H and O–H groups in total. The fourth-order valence-corrected chi connectivity index (χ4v) is 2.85. The van der Waals surface area contributed by atoms with Crippen LogP contribution in [-0.2, 0) is 0 Å². The molecule has 13 heavy (non-hydrogen) atoms. The van der Waals surface area contributed by atoms with Crippen molar-refractivity contribution in [3.05, 3.63) is 0 Å². The van der Waals surface area contributed by atoms with Crippen molar-refractivity contribution in [2.75, 3.05) is 19.6 Å². The fourth-order valence-electron chi connectivity index (χ4n) is 2.85. The molecule has 2 fully saturated rings. The van der Waals surface area contributed by atoms with E-state index in [0.717, 1.165) is 18.5 Å². The largest absolute Gasteiger partial charge is 0.330 e. The summed E-state index contributed by atoms with van der Waals surface area (Å²) in [7, 11) is 0. The van der Waals surface area contributed by atoms with Crippen LogP contribution in [0.3, 0.4) is 0 Å². The Kier molecular flexibility index (Phi) is 3.23. The summed E-state index contributed by atoms with van der Waals surface area (Å²) >= 11 is 0. The van der Waals surface area contributed by atoms with Gasteiger partial charge in [0.05, 0.1) is 0 Å². The highest BCUT2D eigenvalue weighted by Crippen LogP contribution is 2.28. The Balaban J connectivity index is 1.77. The van der Waals surface area contributed by atoms with Crippen molar-refractivity contribution < 1.29 is 0 Å². The molecule has 0 bridgehead atoms. The zero-order valence-electron chi connectivity index (χ0n) is 8.54. The minimum absolute atomic E-state index is 0.832. The van der Waals surface area contributed by atoms with Gasteiger partial charge in [-0.3, -0.25) is 0 Å². The number of rotatable bonds is 2. The van der Waals surface area contributed by atoms with Crippen LogP contribution in [0.15, 0.2) is 0 Å². The molecule has 1 heterocycles. The molecule has 2 heteroatoms. The highest BCUT2D eigenvalue weighted by molar-refractivity contribution is 4.82. The van der Waals surface area contributed by atoms with Crippen molar-refractivity contribution in [3.8, 4) is 0 Å². The summed E-state index contributed by atoms with van der Waals surface area (Å²) in [5.41, 5.74) is 5.69. The van der Waals surface area contributed by atoms with Crippen LogP contribution in [0.4, 0.5) is 0 Å². The number of likely N-dealkylation sites (tertiary alicyclic amines) is 1. The van der Waals surface area contributed by atoms with E-state index >= 15 is 0 Å². The first kappa shape index (κ1) is 9.47. The van der Waals surface area contributed by atoms with E-state index < -0.39 is 0 Å². The van der Waals surface area contributed by atoms with Gasteiger partial charge in [0.2, 0.25) is 0 Å². The molecule has 1 aliphatic heterocycles. The van der Waals surface area contributed by atoms with E-state index in [-0.39, 0.29) is 0 Å². The molecule has 2 aliphatic rings. The van der Waals surface area contributed by atoms with Gasteiger partial charge in [0.15, 0.2) is 0 Å². The van der Waals surface area contributed by atoms with Crippen molar-refractivity contribution in [2.45, 2.75) is 44.6 Å². The predicted octanol–water partition coefficient (Wildman–Crippen LogP) is 1.60. The zero-order chi connectivity index (χ0) is 9.10. The van der Waals surface area contributed by atoms with Gasteiger partial charge in [-0.05, 0) is 64.1 Å². The summed E-state index contributed by atoms with van der Waals surface area (Å²) in [5, 5.41) is 0. The summed E-state index contributed by atoms with van der Waals surface area (Å²) in [5.74, 6) is 0.832. The average molecular weight is 182 g/mol. The average Bonchev–Trinajstić information content (AvgIpc) is 2.71. The van der Waals surface area contributed by atoms with Crippen LogP contribution in [-0.4, -0.2) is 30.6 Å². The molecule has 0 atom stereocenters. The lowest BCUT2D eigenvalue weighted by Gasteiger charge is -2.34. The van der Waals surface area contributed by atoms with Crippen LogP contribution < -0.4 is 5.73 Å². The van der Waals surface area contributed by atoms with E-state index in [1.165, 1.54) is 51.6 Å². The van der Waals surface area contributed by atoms with Crippen LogP contribution >= 0.6 is 0 Å². The van der Waals surface area contributed by atoms with E-state index in [1.54, 1.807) is 0 Å². The Morgan fingerprint density at radius 1 is 1.00 bits per heavy atom. The normalized spacial score (nSPS) is 36.7. The molecule has 1 saturated heterocycles. The fraction of sp³-hybridized carbons (Fsp3) is 1.00. The van der Waals surface area contributed by atoms with Gasteiger partial charge in [0.25, 0.3) is 0 Å². The van der Waals surface area contributed by atoms with Crippen molar-refractivity contribution in [1.82, 2.24) is 4.90 Å². The topological polar surface area (TPSA) is 29.3 Å². The molecule has 0 amide bonds. The lowest BCUT2D eigenvalue weighted by atomic mass is 9.85. The minimum Gasteiger partial charge on any atom is -0.330 e. The first-order valence-corrected chi connectivity index (χ1v) is 5.84. The van der Waals surface area contributed by atoms with Gasteiger partial charge in [0.1, 0.15) is 0 Å². The second-order valence-electron chi connectivity index (χ2n) is 4.65. The zero-order valence-corrected chi connectivity index (χ0v) is 8.54. The quantitative estimate of drug-likeness (QED) is 0.703. The maximum absolute atomic E-state index is 5.69. The monoisotopic (exact) mass is 182 g/mol. The van der Waals surface area contributed by atoms with Crippen LogP contribution in [0.2, 0.25) is 0 Å². The summed E-state index contributed by atoms with van der Waals surface area (Å²) in [6, 6.07) is 0.908. The molecule has 0 aromatic heterocycles. The van der Waals surface area contributed by atoms with Crippen LogP contribution in [0.5, 0.6) is 0 Å². The molecule has 0 unspecified atom stereocenters. The number of hydrogen-bond donors (Lipinski definition) is 1. The Bertz CT molecular complexity index is 144. The van der Waals surface area contributed by atoms with Gasteiger partial charge in [-0.2, -0.15) is 0 Å². The maximum Gasteiger partial charge on any atom is 0.00954 e. The third-order valence-electron chi connectivity index (χ3n) is 3.81. The molecule has 0 aromatic carbocycles. The van der Waals surface area contributed by atoms with Gasteiger partial charge >= 0.3 is 0 Å². The third-order valence-corrected chi connectivity index (χ3v) is 3.81. The molecule has 2 rings (SSSR count). The molecule has 1 aliphatic carbocycles. The Labute approximate surface area is 81.5 Å². The molecule has 0 spiro atoms. The van der Waals surface area contributed by atoms with Gasteiger partial charge in [0, 0.05) is 6.04 Å². The summed E-state index contributed by atoms with van der Waals surface area (Å²) in [4.78, 5) is 2.70. The van der Waals surface area contributed by atoms with Gasteiger partial charge in [-0.1, -0.05) is 0 Å². The standard InChI is InChI=1S/C11H22N2/c12-9-10-3-5-11(6-4-10)13-7-1-2-8-13/h10-11H,1-9,12H2. The Hall–Kier alpha value is -0.0800. The molecule has 76 valence electrons. The third kappa shape index (κ3) is 2.23. The minimum atomic E-state index is 0.832. The summed E-state index contributed by atoms with van der Waals surface area (Å²) in [6.07, 6.45) is 8.41. The summed E-state index contributed by atoms with van der Waals surface area (Å²) in [6.45, 7) is 3.63. The van der Waals surface area contributed by atoms with Crippen LogP contribution in [0.1, 0.15) is 38.5 Å². The van der Waals surface area contributed by atoms with Gasteiger partial charge in [-0.25, -0.2) is 0 Å². The molecule has 1 saturated carbocycles. The second kappa shape index (κ2) is 4.43. The Morgan fingerprint density at radius 3 is 2.15 bits per heavy atom. The highest BCUT2D eigenvalue weighted by Gasteiger charge is 2.26. The van der Waals surface area contributed by atoms with E-state index in [9.17, 15) is 0 Å². The van der Waals surface area contributed by atoms with E-state index in [2.05, 4.69) is 4.90 Å². The number of hydrogen-bond acceptors (Lipinski definition) is 2. The Morgan fingerprint density at radius 2 is 1.62 bits per heavy atom. The highest BCUT2D eigenvalue weighted by atomic mass is 15.2. The summed E-state index contributed by atoms with van der Waals surface area (Å²) < 4.78 is 0. The second-order valence-corrected chi connectivity index (χ2v) is 4.65. The predicted molar refractivity (Wildman–Crippen MR) is 55.6 cm³/mol. The van der Waals surface area contributed by atoms with Crippen molar-refractivity contribution >= 4 is 0 Å². The molecule has 2 nitrogen and oxygen atoms in total. The van der Waals surface area contributed by atoms with Crippen molar-refractivity contribution in [1.29, 1.82) is 0 Å². The molecule has 0 radical (unpaired) electrons. The first-order valence-electron chi connectivity index (χ1n) is 5.84. The number of nitrogens with two attached hydrogens (primary N) is 1. The maximum atomic E-state index is 5.69. The van der Waals surface area contributed by atoms with Crippen molar-refractivity contribution in [2.24, 2.45) is 11.7 Å². The molecule has 0 aromatic rings. The molecular weight excluding hydrogens is 160 g/mol. The van der Waals surface area contributed by atoms with Crippen molar-refractivity contribution in [3.63, 3.8) is 0 Å². The molecular formula is C11H22N2. The van der Waals surface area contributed by atoms with E-state index in [4.69, 9.17) is 5.73 Å². The lowest BCUT2D eigenvalue weighted by molar-refractivity contribution is 0.166. The van der Waals surface area contributed by atoms with Gasteiger partial charge in [-0.15, -0.1) is 0 Å². The SMILES string of the molecule is NCC1CCC(N2CCCC2)CC1. The number of nitrogens with zero attached hydrogens (tertiary/aromatic N) is 1. The van der Waals surface area contributed by atoms with Crippen LogP contribution in [0.25, 0.3) is 0 Å². The smallest absolute Gasteiger partial charge is 0.00954 e. The van der Waals surface area contributed by atoms with E-state index in [1.807, 2.05) is 0 Å². The first-order chi connectivity index (χ1) is 6.40.